The van der Waals surface area contributed by atoms with Crippen molar-refractivity contribution < 1.29 is 4.74 Å². The van der Waals surface area contributed by atoms with E-state index in [9.17, 15) is 0 Å². The zero-order chi connectivity index (χ0) is 14.5. The van der Waals surface area contributed by atoms with Crippen molar-refractivity contribution in [3.05, 3.63) is 29.8 Å². The molecule has 0 aliphatic carbocycles. The van der Waals surface area contributed by atoms with E-state index in [1.807, 2.05) is 0 Å². The Morgan fingerprint density at radius 3 is 2.47 bits per heavy atom. The Hall–Kier alpha value is -1.06. The van der Waals surface area contributed by atoms with Crippen LogP contribution in [0.25, 0.3) is 0 Å². The first-order chi connectivity index (χ1) is 8.84. The Balaban J connectivity index is 2.71. The quantitative estimate of drug-likeness (QED) is 0.817. The molecule has 19 heavy (non-hydrogen) atoms. The minimum Gasteiger partial charge on any atom is -0.382 e. The summed E-state index contributed by atoms with van der Waals surface area (Å²) in [5.74, 6) is 0. The zero-order valence-corrected chi connectivity index (χ0v) is 13.2. The third-order valence-electron chi connectivity index (χ3n) is 3.26. The molecular weight excluding hydrogens is 236 g/mol. The van der Waals surface area contributed by atoms with Gasteiger partial charge in [0.15, 0.2) is 0 Å². The normalized spacial score (nSPS) is 13.6. The lowest BCUT2D eigenvalue weighted by molar-refractivity contribution is 0.0128. The lowest BCUT2D eigenvalue weighted by Gasteiger charge is -2.28. The summed E-state index contributed by atoms with van der Waals surface area (Å²) in [5, 5.41) is 3.60. The van der Waals surface area contributed by atoms with E-state index < -0.39 is 0 Å². The summed E-state index contributed by atoms with van der Waals surface area (Å²) in [6, 6.07) is 8.87. The Morgan fingerprint density at radius 1 is 1.26 bits per heavy atom. The Bertz CT molecular complexity index is 388. The molecule has 1 atom stereocenters. The van der Waals surface area contributed by atoms with E-state index in [1.165, 1.54) is 11.3 Å². The number of hydrogen-bond acceptors (Lipinski definition) is 3. The second-order valence-electron chi connectivity index (χ2n) is 6.11. The van der Waals surface area contributed by atoms with Gasteiger partial charge in [-0.2, -0.15) is 0 Å². The van der Waals surface area contributed by atoms with Gasteiger partial charge in [-0.25, -0.2) is 0 Å². The molecule has 0 bridgehead atoms. The number of methoxy groups -OCH3 is 1. The van der Waals surface area contributed by atoms with Crippen molar-refractivity contribution >= 4 is 5.69 Å². The van der Waals surface area contributed by atoms with Gasteiger partial charge in [-0.05, 0) is 52.9 Å². The fraction of sp³-hybridized carbons (Fsp3) is 0.625. The van der Waals surface area contributed by atoms with Crippen LogP contribution in [-0.2, 0) is 11.3 Å². The molecule has 1 aromatic rings. The third kappa shape index (κ3) is 5.62. The second-order valence-corrected chi connectivity index (χ2v) is 6.11. The topological polar surface area (TPSA) is 24.5 Å². The highest BCUT2D eigenvalue weighted by molar-refractivity contribution is 5.51. The van der Waals surface area contributed by atoms with E-state index in [1.54, 1.807) is 7.11 Å². The highest BCUT2D eigenvalue weighted by Gasteiger charge is 2.20. The molecule has 0 radical (unpaired) electrons. The van der Waals surface area contributed by atoms with Crippen molar-refractivity contribution in [2.75, 3.05) is 26.5 Å². The molecule has 0 spiro atoms. The summed E-state index contributed by atoms with van der Waals surface area (Å²) in [6.07, 6.45) is 0.972. The predicted molar refractivity (Wildman–Crippen MR) is 82.6 cm³/mol. The molecule has 0 heterocycles. The van der Waals surface area contributed by atoms with E-state index >= 15 is 0 Å². The van der Waals surface area contributed by atoms with Crippen molar-refractivity contribution in [3.63, 3.8) is 0 Å². The first-order valence-corrected chi connectivity index (χ1v) is 6.88. The van der Waals surface area contributed by atoms with Crippen LogP contribution < -0.4 is 5.32 Å². The zero-order valence-electron chi connectivity index (χ0n) is 13.2. The van der Waals surface area contributed by atoms with Crippen molar-refractivity contribution in [1.82, 2.24) is 4.90 Å². The van der Waals surface area contributed by atoms with Crippen LogP contribution in [0.15, 0.2) is 24.3 Å². The van der Waals surface area contributed by atoms with Gasteiger partial charge in [-0.3, -0.25) is 0 Å². The van der Waals surface area contributed by atoms with Gasteiger partial charge in [-0.15, -0.1) is 0 Å². The van der Waals surface area contributed by atoms with Crippen LogP contribution >= 0.6 is 0 Å². The molecular formula is C16H28N2O. The van der Waals surface area contributed by atoms with Gasteiger partial charge in [-0.1, -0.05) is 18.2 Å². The minimum absolute atomic E-state index is 0.0943. The van der Waals surface area contributed by atoms with Gasteiger partial charge in [0.25, 0.3) is 0 Å². The van der Waals surface area contributed by atoms with Crippen LogP contribution in [0.3, 0.4) is 0 Å². The molecule has 108 valence electrons. The number of hydrogen-bond donors (Lipinski definition) is 1. The van der Waals surface area contributed by atoms with Crippen LogP contribution in [0.1, 0.15) is 32.8 Å². The molecule has 0 saturated carbocycles. The molecule has 1 aromatic carbocycles. The maximum absolute atomic E-state index is 5.49. The summed E-state index contributed by atoms with van der Waals surface area (Å²) in [5.41, 5.74) is 2.45. The predicted octanol–water partition coefficient (Wildman–Crippen LogP) is 3.36. The Labute approximate surface area is 118 Å². The maximum Gasteiger partial charge on any atom is 0.0642 e. The maximum atomic E-state index is 5.49. The summed E-state index contributed by atoms with van der Waals surface area (Å²) in [7, 11) is 5.95. The van der Waals surface area contributed by atoms with Crippen molar-refractivity contribution in [3.8, 4) is 0 Å². The van der Waals surface area contributed by atoms with Gasteiger partial charge in [0, 0.05) is 25.4 Å². The fourth-order valence-electron chi connectivity index (χ4n) is 2.28. The summed E-state index contributed by atoms with van der Waals surface area (Å²) in [6.45, 7) is 7.39. The monoisotopic (exact) mass is 264 g/mol. The van der Waals surface area contributed by atoms with E-state index in [4.69, 9.17) is 4.74 Å². The Kier molecular flexibility index (Phi) is 5.83. The number of anilines is 1. The largest absolute Gasteiger partial charge is 0.382 e. The van der Waals surface area contributed by atoms with Crippen LogP contribution in [0.5, 0.6) is 0 Å². The second kappa shape index (κ2) is 6.92. The average Bonchev–Trinajstić information content (AvgIpc) is 2.30. The molecule has 0 amide bonds. The van der Waals surface area contributed by atoms with Crippen molar-refractivity contribution in [1.29, 1.82) is 0 Å². The first-order valence-electron chi connectivity index (χ1n) is 6.88. The SMILES string of the molecule is COC(C)(C)CC(C)Nc1ccccc1CN(C)C. The third-order valence-corrected chi connectivity index (χ3v) is 3.26. The molecule has 1 N–H and O–H groups in total. The van der Waals surface area contributed by atoms with Gasteiger partial charge >= 0.3 is 0 Å². The van der Waals surface area contributed by atoms with Crippen molar-refractivity contribution in [2.24, 2.45) is 0 Å². The lowest BCUT2D eigenvalue weighted by Crippen LogP contribution is -2.31. The van der Waals surface area contributed by atoms with E-state index in [2.05, 4.69) is 69.3 Å². The highest BCUT2D eigenvalue weighted by atomic mass is 16.5. The number of nitrogens with one attached hydrogen (secondary N) is 1. The van der Waals surface area contributed by atoms with Gasteiger partial charge in [0.1, 0.15) is 0 Å². The molecule has 0 aliphatic heterocycles. The van der Waals surface area contributed by atoms with Crippen LogP contribution in [0.2, 0.25) is 0 Å². The number of rotatable bonds is 7. The smallest absolute Gasteiger partial charge is 0.0642 e. The summed E-state index contributed by atoms with van der Waals surface area (Å²) in [4.78, 5) is 2.18. The molecule has 0 aromatic heterocycles. The molecule has 0 fully saturated rings. The van der Waals surface area contributed by atoms with E-state index in [0.717, 1.165) is 13.0 Å². The van der Waals surface area contributed by atoms with Crippen LogP contribution in [0, 0.1) is 0 Å². The average molecular weight is 264 g/mol. The summed E-state index contributed by atoms with van der Waals surface area (Å²) >= 11 is 0. The molecule has 3 nitrogen and oxygen atoms in total. The minimum atomic E-state index is -0.0943. The number of ether oxygens (including phenoxy) is 1. The van der Waals surface area contributed by atoms with Gasteiger partial charge in [0.2, 0.25) is 0 Å². The molecule has 0 aliphatic rings. The van der Waals surface area contributed by atoms with Gasteiger partial charge in [0.05, 0.1) is 5.60 Å². The van der Waals surface area contributed by atoms with E-state index in [0.29, 0.717) is 6.04 Å². The lowest BCUT2D eigenvalue weighted by atomic mass is 9.99. The Morgan fingerprint density at radius 2 is 1.89 bits per heavy atom. The van der Waals surface area contributed by atoms with Crippen LogP contribution in [-0.4, -0.2) is 37.7 Å². The molecule has 1 rings (SSSR count). The summed E-state index contributed by atoms with van der Waals surface area (Å²) < 4.78 is 5.49. The van der Waals surface area contributed by atoms with E-state index in [-0.39, 0.29) is 5.60 Å². The molecule has 3 heteroatoms. The fourth-order valence-corrected chi connectivity index (χ4v) is 2.28. The first kappa shape index (κ1) is 16.0. The number of nitrogens with zero attached hydrogens (tertiary/aromatic N) is 1. The number of para-hydroxylation sites is 1. The van der Waals surface area contributed by atoms with Crippen LogP contribution in [0.4, 0.5) is 5.69 Å². The van der Waals surface area contributed by atoms with Crippen molar-refractivity contribution in [2.45, 2.75) is 45.4 Å². The standard InChI is InChI=1S/C16H28N2O/c1-13(11-16(2,3)19-6)17-15-10-8-7-9-14(15)12-18(4)5/h7-10,13,17H,11-12H2,1-6H3. The molecule has 1 unspecified atom stereocenters. The number of benzene rings is 1. The molecule has 0 saturated heterocycles. The van der Waals surface area contributed by atoms with Gasteiger partial charge < -0.3 is 15.0 Å². The highest BCUT2D eigenvalue weighted by Crippen LogP contribution is 2.21.